The van der Waals surface area contributed by atoms with Gasteiger partial charge >= 0.3 is 0 Å². The Bertz CT molecular complexity index is 577. The zero-order valence-electron chi connectivity index (χ0n) is 11.8. The third kappa shape index (κ3) is 2.82. The normalized spacial score (nSPS) is 18.7. The predicted octanol–water partition coefficient (Wildman–Crippen LogP) is 1.44. The van der Waals surface area contributed by atoms with E-state index in [9.17, 15) is 0 Å². The molecule has 0 radical (unpaired) electrons. The van der Waals surface area contributed by atoms with Crippen molar-refractivity contribution in [1.82, 2.24) is 15.2 Å². The number of aromatic amines is 1. The van der Waals surface area contributed by atoms with Gasteiger partial charge in [0.05, 0.1) is 0 Å². The summed E-state index contributed by atoms with van der Waals surface area (Å²) in [6, 6.07) is 8.73. The second-order valence-corrected chi connectivity index (χ2v) is 5.50. The molecule has 20 heavy (non-hydrogen) atoms. The summed E-state index contributed by atoms with van der Waals surface area (Å²) in [6.45, 7) is 3.96. The SMILES string of the molecule is Cc1ccccc1CCc1nc(N2CCC(N)C2)n[nH]1. The molecule has 106 valence electrons. The van der Waals surface area contributed by atoms with Crippen molar-refractivity contribution in [2.45, 2.75) is 32.2 Å². The second-order valence-electron chi connectivity index (χ2n) is 5.50. The minimum absolute atomic E-state index is 0.254. The molecule has 5 heteroatoms. The Labute approximate surface area is 119 Å². The van der Waals surface area contributed by atoms with Gasteiger partial charge in [-0.05, 0) is 30.9 Å². The summed E-state index contributed by atoms with van der Waals surface area (Å²) >= 11 is 0. The van der Waals surface area contributed by atoms with Gasteiger partial charge in [-0.25, -0.2) is 0 Å². The van der Waals surface area contributed by atoms with Crippen molar-refractivity contribution in [3.63, 3.8) is 0 Å². The molecule has 3 rings (SSSR count). The van der Waals surface area contributed by atoms with Crippen LogP contribution in [0.15, 0.2) is 24.3 Å². The first kappa shape index (κ1) is 13.1. The number of nitrogens with zero attached hydrogens (tertiary/aromatic N) is 3. The molecule has 1 fully saturated rings. The molecule has 0 aliphatic carbocycles. The number of nitrogens with one attached hydrogen (secondary N) is 1. The summed E-state index contributed by atoms with van der Waals surface area (Å²) in [5.41, 5.74) is 8.61. The summed E-state index contributed by atoms with van der Waals surface area (Å²) in [4.78, 5) is 6.73. The third-order valence-electron chi connectivity index (χ3n) is 3.92. The highest BCUT2D eigenvalue weighted by Gasteiger charge is 2.22. The molecule has 3 N–H and O–H groups in total. The second kappa shape index (κ2) is 5.63. The van der Waals surface area contributed by atoms with E-state index in [1.807, 2.05) is 0 Å². The van der Waals surface area contributed by atoms with Gasteiger partial charge in [-0.15, -0.1) is 5.10 Å². The van der Waals surface area contributed by atoms with Gasteiger partial charge < -0.3 is 10.6 Å². The van der Waals surface area contributed by atoms with Crippen LogP contribution in [0.1, 0.15) is 23.4 Å². The molecule has 1 atom stereocenters. The average Bonchev–Trinajstić information content (AvgIpc) is 3.06. The van der Waals surface area contributed by atoms with Gasteiger partial charge in [0.2, 0.25) is 5.95 Å². The first-order valence-corrected chi connectivity index (χ1v) is 7.18. The number of benzene rings is 1. The fraction of sp³-hybridized carbons (Fsp3) is 0.467. The molecule has 1 aromatic heterocycles. The molecule has 1 unspecified atom stereocenters. The predicted molar refractivity (Wildman–Crippen MR) is 79.8 cm³/mol. The van der Waals surface area contributed by atoms with Crippen molar-refractivity contribution in [2.24, 2.45) is 5.73 Å². The lowest BCUT2D eigenvalue weighted by atomic mass is 10.0. The zero-order chi connectivity index (χ0) is 13.9. The topological polar surface area (TPSA) is 70.8 Å². The number of rotatable bonds is 4. The highest BCUT2D eigenvalue weighted by Crippen LogP contribution is 2.16. The maximum Gasteiger partial charge on any atom is 0.244 e. The molecule has 1 aromatic carbocycles. The summed E-state index contributed by atoms with van der Waals surface area (Å²) in [6.07, 6.45) is 2.89. The summed E-state index contributed by atoms with van der Waals surface area (Å²) in [5.74, 6) is 1.74. The van der Waals surface area contributed by atoms with Crippen molar-refractivity contribution in [1.29, 1.82) is 0 Å². The fourth-order valence-corrected chi connectivity index (χ4v) is 2.65. The van der Waals surface area contributed by atoms with E-state index in [2.05, 4.69) is 51.3 Å². The highest BCUT2D eigenvalue weighted by atomic mass is 15.4. The largest absolute Gasteiger partial charge is 0.338 e. The van der Waals surface area contributed by atoms with E-state index in [0.717, 1.165) is 44.1 Å². The maximum atomic E-state index is 5.91. The van der Waals surface area contributed by atoms with Crippen molar-refractivity contribution < 1.29 is 0 Å². The van der Waals surface area contributed by atoms with Crippen LogP contribution in [0.5, 0.6) is 0 Å². The lowest BCUT2D eigenvalue weighted by molar-refractivity contribution is 0.750. The molecule has 1 saturated heterocycles. The number of nitrogens with two attached hydrogens (primary N) is 1. The third-order valence-corrected chi connectivity index (χ3v) is 3.92. The smallest absolute Gasteiger partial charge is 0.244 e. The summed E-state index contributed by atoms with van der Waals surface area (Å²) in [5, 5.41) is 7.35. The van der Waals surface area contributed by atoms with E-state index in [4.69, 9.17) is 5.73 Å². The zero-order valence-corrected chi connectivity index (χ0v) is 11.8. The number of aryl methyl sites for hydroxylation is 3. The first-order chi connectivity index (χ1) is 9.72. The van der Waals surface area contributed by atoms with E-state index in [1.165, 1.54) is 11.1 Å². The Kier molecular flexibility index (Phi) is 3.69. The van der Waals surface area contributed by atoms with Gasteiger partial charge in [-0.2, -0.15) is 4.98 Å². The quantitative estimate of drug-likeness (QED) is 0.882. The Hall–Kier alpha value is -1.88. The molecule has 1 aliphatic heterocycles. The standard InChI is InChI=1S/C15H21N5/c1-11-4-2-3-5-12(11)6-7-14-17-15(19-18-14)20-9-8-13(16)10-20/h2-5,13H,6-10,16H2,1H3,(H,17,18,19). The molecule has 2 heterocycles. The van der Waals surface area contributed by atoms with Gasteiger partial charge in [0.1, 0.15) is 5.82 Å². The van der Waals surface area contributed by atoms with Crippen molar-refractivity contribution in [2.75, 3.05) is 18.0 Å². The average molecular weight is 271 g/mol. The molecule has 2 aromatic rings. The summed E-state index contributed by atoms with van der Waals surface area (Å²) < 4.78 is 0. The Balaban J connectivity index is 1.62. The molecule has 0 saturated carbocycles. The van der Waals surface area contributed by atoms with Crippen LogP contribution in [0.4, 0.5) is 5.95 Å². The van der Waals surface area contributed by atoms with Gasteiger partial charge in [-0.3, -0.25) is 5.10 Å². The van der Waals surface area contributed by atoms with Gasteiger partial charge in [0.25, 0.3) is 0 Å². The van der Waals surface area contributed by atoms with Crippen LogP contribution in [-0.2, 0) is 12.8 Å². The van der Waals surface area contributed by atoms with Crippen molar-refractivity contribution in [3.8, 4) is 0 Å². The van der Waals surface area contributed by atoms with Gasteiger partial charge in [0, 0.05) is 25.6 Å². The number of aromatic nitrogens is 3. The van der Waals surface area contributed by atoms with Crippen LogP contribution in [0, 0.1) is 6.92 Å². The van der Waals surface area contributed by atoms with Crippen LogP contribution >= 0.6 is 0 Å². The minimum atomic E-state index is 0.254. The number of hydrogen-bond acceptors (Lipinski definition) is 4. The molecule has 0 bridgehead atoms. The van der Waals surface area contributed by atoms with Crippen molar-refractivity contribution >= 4 is 5.95 Å². The number of anilines is 1. The van der Waals surface area contributed by atoms with E-state index in [-0.39, 0.29) is 6.04 Å². The van der Waals surface area contributed by atoms with Crippen molar-refractivity contribution in [3.05, 3.63) is 41.2 Å². The number of H-pyrrole nitrogens is 1. The first-order valence-electron chi connectivity index (χ1n) is 7.18. The number of hydrogen-bond donors (Lipinski definition) is 2. The molecular weight excluding hydrogens is 250 g/mol. The fourth-order valence-electron chi connectivity index (χ4n) is 2.65. The van der Waals surface area contributed by atoms with E-state index >= 15 is 0 Å². The monoisotopic (exact) mass is 271 g/mol. The van der Waals surface area contributed by atoms with Crippen LogP contribution in [0.3, 0.4) is 0 Å². The summed E-state index contributed by atoms with van der Waals surface area (Å²) in [7, 11) is 0. The molecule has 1 aliphatic rings. The van der Waals surface area contributed by atoms with E-state index in [0.29, 0.717) is 0 Å². The lowest BCUT2D eigenvalue weighted by Crippen LogP contribution is -2.27. The van der Waals surface area contributed by atoms with Gasteiger partial charge in [0.15, 0.2) is 0 Å². The highest BCUT2D eigenvalue weighted by molar-refractivity contribution is 5.31. The lowest BCUT2D eigenvalue weighted by Gasteiger charge is -2.11. The molecule has 0 spiro atoms. The Morgan fingerprint density at radius 3 is 2.95 bits per heavy atom. The maximum absolute atomic E-state index is 5.91. The Morgan fingerprint density at radius 1 is 1.35 bits per heavy atom. The molecule has 5 nitrogen and oxygen atoms in total. The van der Waals surface area contributed by atoms with Crippen LogP contribution < -0.4 is 10.6 Å². The van der Waals surface area contributed by atoms with Gasteiger partial charge in [-0.1, -0.05) is 24.3 Å². The Morgan fingerprint density at radius 2 is 2.20 bits per heavy atom. The van der Waals surface area contributed by atoms with Crippen LogP contribution in [-0.4, -0.2) is 34.3 Å². The van der Waals surface area contributed by atoms with E-state index in [1.54, 1.807) is 0 Å². The molecular formula is C15H21N5. The molecule has 0 amide bonds. The minimum Gasteiger partial charge on any atom is -0.338 e. The van der Waals surface area contributed by atoms with Crippen LogP contribution in [0.2, 0.25) is 0 Å². The van der Waals surface area contributed by atoms with E-state index < -0.39 is 0 Å². The van der Waals surface area contributed by atoms with Crippen LogP contribution in [0.25, 0.3) is 0 Å².